The number of aryl methyl sites for hydroxylation is 1. The summed E-state index contributed by atoms with van der Waals surface area (Å²) in [7, 11) is 1.65. The Hall–Kier alpha value is -1.55. The van der Waals surface area contributed by atoms with E-state index in [0.29, 0.717) is 0 Å². The van der Waals surface area contributed by atoms with Crippen LogP contribution in [-0.2, 0) is 11.2 Å². The van der Waals surface area contributed by atoms with Crippen LogP contribution in [0.3, 0.4) is 0 Å². The van der Waals surface area contributed by atoms with Crippen LogP contribution in [0, 0.1) is 5.92 Å². The third kappa shape index (κ3) is 6.63. The van der Waals surface area contributed by atoms with E-state index in [0.717, 1.165) is 18.6 Å². The number of hydrogen-bond acceptors (Lipinski definition) is 3. The van der Waals surface area contributed by atoms with Crippen molar-refractivity contribution >= 4 is 5.91 Å². The number of hydrogen-bond donors (Lipinski definition) is 2. The van der Waals surface area contributed by atoms with Crippen molar-refractivity contribution in [3.63, 3.8) is 0 Å². The Bertz CT molecular complexity index is 428. The first kappa shape index (κ1) is 17.5. The molecule has 2 unspecified atom stereocenters. The third-order valence-corrected chi connectivity index (χ3v) is 3.60. The van der Waals surface area contributed by atoms with Gasteiger partial charge in [-0.3, -0.25) is 4.79 Å². The monoisotopic (exact) mass is 293 g/mol. The molecule has 118 valence electrons. The number of methoxy groups -OCH3 is 1. The second kappa shape index (κ2) is 8.67. The Morgan fingerprint density at radius 2 is 1.86 bits per heavy atom. The molecule has 0 aliphatic carbocycles. The molecule has 2 N–H and O–H groups in total. The van der Waals surface area contributed by atoms with Gasteiger partial charge in [-0.1, -0.05) is 26.0 Å². The maximum absolute atomic E-state index is 11.8. The largest absolute Gasteiger partial charge is 0.497 e. The van der Waals surface area contributed by atoms with E-state index in [9.17, 15) is 9.90 Å². The lowest BCUT2D eigenvalue weighted by Gasteiger charge is -2.17. The topological polar surface area (TPSA) is 58.6 Å². The molecule has 4 nitrogen and oxygen atoms in total. The lowest BCUT2D eigenvalue weighted by molar-refractivity contribution is -0.124. The molecule has 1 aromatic rings. The van der Waals surface area contributed by atoms with Gasteiger partial charge in [0.05, 0.1) is 19.6 Å². The highest BCUT2D eigenvalue weighted by atomic mass is 16.5. The lowest BCUT2D eigenvalue weighted by Crippen LogP contribution is -2.36. The number of benzene rings is 1. The second-order valence-corrected chi connectivity index (χ2v) is 5.87. The minimum atomic E-state index is -0.571. The maximum Gasteiger partial charge on any atom is 0.222 e. The molecular weight excluding hydrogens is 266 g/mol. The van der Waals surface area contributed by atoms with Gasteiger partial charge in [-0.2, -0.15) is 0 Å². The number of amides is 1. The normalized spacial score (nSPS) is 13.8. The van der Waals surface area contributed by atoms with Gasteiger partial charge in [0.2, 0.25) is 5.91 Å². The summed E-state index contributed by atoms with van der Waals surface area (Å²) in [4.78, 5) is 11.8. The van der Waals surface area contributed by atoms with Crippen LogP contribution in [0.5, 0.6) is 5.75 Å². The second-order valence-electron chi connectivity index (χ2n) is 5.87. The van der Waals surface area contributed by atoms with Crippen LogP contribution >= 0.6 is 0 Å². The van der Waals surface area contributed by atoms with Gasteiger partial charge >= 0.3 is 0 Å². The van der Waals surface area contributed by atoms with E-state index in [1.165, 1.54) is 5.56 Å². The standard InChI is InChI=1S/C17H27NO3/c1-12(2)16(19)11-17(20)18-13(3)5-6-14-7-9-15(21-4)10-8-14/h7-10,12-13,16,19H,5-6,11H2,1-4H3,(H,18,20). The van der Waals surface area contributed by atoms with Crippen LogP contribution in [0.4, 0.5) is 0 Å². The van der Waals surface area contributed by atoms with E-state index in [1.54, 1.807) is 7.11 Å². The molecule has 0 aliphatic heterocycles. The van der Waals surface area contributed by atoms with E-state index in [4.69, 9.17) is 4.74 Å². The van der Waals surface area contributed by atoms with Crippen molar-refractivity contribution in [2.75, 3.05) is 7.11 Å². The third-order valence-electron chi connectivity index (χ3n) is 3.60. The number of ether oxygens (including phenoxy) is 1. The molecule has 1 aromatic carbocycles. The van der Waals surface area contributed by atoms with Gasteiger partial charge < -0.3 is 15.2 Å². The summed E-state index contributed by atoms with van der Waals surface area (Å²) in [6.45, 7) is 5.80. The molecule has 0 fully saturated rings. The van der Waals surface area contributed by atoms with Crippen molar-refractivity contribution in [2.24, 2.45) is 5.92 Å². The van der Waals surface area contributed by atoms with Crippen molar-refractivity contribution in [1.82, 2.24) is 5.32 Å². The van der Waals surface area contributed by atoms with Crippen molar-refractivity contribution < 1.29 is 14.6 Å². The molecule has 0 saturated carbocycles. The first-order valence-corrected chi connectivity index (χ1v) is 7.52. The first-order valence-electron chi connectivity index (χ1n) is 7.52. The minimum Gasteiger partial charge on any atom is -0.497 e. The number of aliphatic hydroxyl groups excluding tert-OH is 1. The zero-order valence-corrected chi connectivity index (χ0v) is 13.4. The highest BCUT2D eigenvalue weighted by Gasteiger charge is 2.15. The smallest absolute Gasteiger partial charge is 0.222 e. The number of carbonyl (C=O) groups is 1. The van der Waals surface area contributed by atoms with Crippen LogP contribution in [0.1, 0.15) is 39.2 Å². The summed E-state index contributed by atoms with van der Waals surface area (Å²) < 4.78 is 5.12. The van der Waals surface area contributed by atoms with Crippen LogP contribution in [-0.4, -0.2) is 30.3 Å². The SMILES string of the molecule is COc1ccc(CCC(C)NC(=O)CC(O)C(C)C)cc1. The molecule has 4 heteroatoms. The van der Waals surface area contributed by atoms with Crippen LogP contribution in [0.15, 0.2) is 24.3 Å². The van der Waals surface area contributed by atoms with Crippen molar-refractivity contribution in [2.45, 2.75) is 52.2 Å². The molecule has 0 spiro atoms. The molecule has 0 saturated heterocycles. The summed E-state index contributed by atoms with van der Waals surface area (Å²) in [5.74, 6) is 0.867. The fraction of sp³-hybridized carbons (Fsp3) is 0.588. The lowest BCUT2D eigenvalue weighted by atomic mass is 10.0. The summed E-state index contributed by atoms with van der Waals surface area (Å²) in [5, 5.41) is 12.6. The summed E-state index contributed by atoms with van der Waals surface area (Å²) in [5.41, 5.74) is 1.22. The van der Waals surface area contributed by atoms with Gasteiger partial charge in [-0.15, -0.1) is 0 Å². The predicted molar refractivity (Wildman–Crippen MR) is 84.4 cm³/mol. The average Bonchev–Trinajstić information content (AvgIpc) is 2.45. The zero-order chi connectivity index (χ0) is 15.8. The highest BCUT2D eigenvalue weighted by Crippen LogP contribution is 2.13. The van der Waals surface area contributed by atoms with Crippen molar-refractivity contribution in [3.05, 3.63) is 29.8 Å². The minimum absolute atomic E-state index is 0.0848. The van der Waals surface area contributed by atoms with Gasteiger partial charge in [0.1, 0.15) is 5.75 Å². The summed E-state index contributed by atoms with van der Waals surface area (Å²) in [6, 6.07) is 8.06. The quantitative estimate of drug-likeness (QED) is 0.774. The molecule has 0 bridgehead atoms. The molecule has 1 rings (SSSR count). The Morgan fingerprint density at radius 1 is 1.24 bits per heavy atom. The van der Waals surface area contributed by atoms with Gasteiger partial charge in [-0.25, -0.2) is 0 Å². The van der Waals surface area contributed by atoms with Gasteiger partial charge in [-0.05, 0) is 43.4 Å². The van der Waals surface area contributed by atoms with Gasteiger partial charge in [0.15, 0.2) is 0 Å². The fourth-order valence-corrected chi connectivity index (χ4v) is 2.01. The average molecular weight is 293 g/mol. The summed E-state index contributed by atoms with van der Waals surface area (Å²) >= 11 is 0. The van der Waals surface area contributed by atoms with Crippen LogP contribution in [0.2, 0.25) is 0 Å². The molecule has 0 heterocycles. The first-order chi connectivity index (χ1) is 9.92. The Balaban J connectivity index is 2.32. The Labute approximate surface area is 127 Å². The Kier molecular flexibility index (Phi) is 7.23. The number of aliphatic hydroxyl groups is 1. The molecule has 0 aliphatic rings. The van der Waals surface area contributed by atoms with Crippen LogP contribution < -0.4 is 10.1 Å². The van der Waals surface area contributed by atoms with Gasteiger partial charge in [0, 0.05) is 6.04 Å². The van der Waals surface area contributed by atoms with E-state index < -0.39 is 6.10 Å². The van der Waals surface area contributed by atoms with E-state index in [1.807, 2.05) is 45.0 Å². The molecule has 21 heavy (non-hydrogen) atoms. The molecule has 0 aromatic heterocycles. The van der Waals surface area contributed by atoms with Crippen molar-refractivity contribution in [3.8, 4) is 5.75 Å². The fourth-order valence-electron chi connectivity index (χ4n) is 2.01. The highest BCUT2D eigenvalue weighted by molar-refractivity contribution is 5.76. The predicted octanol–water partition coefficient (Wildman–Crippen LogP) is 2.54. The molecule has 2 atom stereocenters. The molecule has 1 amide bonds. The summed E-state index contributed by atoms with van der Waals surface area (Å²) in [6.07, 6.45) is 1.37. The van der Waals surface area contributed by atoms with Crippen LogP contribution in [0.25, 0.3) is 0 Å². The molecule has 0 radical (unpaired) electrons. The van der Waals surface area contributed by atoms with E-state index >= 15 is 0 Å². The number of carbonyl (C=O) groups excluding carboxylic acids is 1. The zero-order valence-electron chi connectivity index (χ0n) is 13.4. The van der Waals surface area contributed by atoms with Gasteiger partial charge in [0.25, 0.3) is 0 Å². The Morgan fingerprint density at radius 3 is 2.38 bits per heavy atom. The van der Waals surface area contributed by atoms with E-state index in [2.05, 4.69) is 5.32 Å². The number of nitrogens with one attached hydrogen (secondary N) is 1. The maximum atomic E-state index is 11.8. The van der Waals surface area contributed by atoms with E-state index in [-0.39, 0.29) is 24.3 Å². The number of rotatable bonds is 8. The van der Waals surface area contributed by atoms with Crippen molar-refractivity contribution in [1.29, 1.82) is 0 Å². The molecular formula is C17H27NO3.